The topological polar surface area (TPSA) is 29.5 Å². The number of carbonyl (C=O) groups excluding carboxylic acids is 1. The van der Waals surface area contributed by atoms with Gasteiger partial charge in [-0.15, -0.1) is 0 Å². The van der Waals surface area contributed by atoms with E-state index in [9.17, 15) is 4.79 Å². The lowest BCUT2D eigenvalue weighted by atomic mass is 10.0. The van der Waals surface area contributed by atoms with E-state index in [4.69, 9.17) is 27.9 Å². The van der Waals surface area contributed by atoms with E-state index in [1.165, 1.54) is 0 Å². The third-order valence-electron chi connectivity index (χ3n) is 3.20. The molecule has 0 unspecified atom stereocenters. The first-order valence-corrected chi connectivity index (χ1v) is 6.38. The molecule has 1 aromatic rings. The molecule has 2 aliphatic rings. The van der Waals surface area contributed by atoms with Gasteiger partial charge in [0.25, 0.3) is 0 Å². The van der Waals surface area contributed by atoms with E-state index in [0.717, 1.165) is 30.6 Å². The van der Waals surface area contributed by atoms with Crippen molar-refractivity contribution in [3.05, 3.63) is 21.7 Å². The van der Waals surface area contributed by atoms with E-state index in [-0.39, 0.29) is 5.91 Å². The zero-order valence-corrected chi connectivity index (χ0v) is 10.6. The molecule has 0 bridgehead atoms. The van der Waals surface area contributed by atoms with Crippen molar-refractivity contribution in [3.8, 4) is 5.75 Å². The molecule has 17 heavy (non-hydrogen) atoms. The van der Waals surface area contributed by atoms with E-state index in [1.54, 1.807) is 11.0 Å². The number of amides is 1. The first-order chi connectivity index (χ1) is 8.18. The molecule has 0 N–H and O–H groups in total. The molecule has 0 saturated heterocycles. The van der Waals surface area contributed by atoms with Crippen molar-refractivity contribution in [2.24, 2.45) is 0 Å². The highest BCUT2D eigenvalue weighted by Crippen LogP contribution is 2.46. The fraction of sp³-hybridized carbons (Fsp3) is 0.417. The van der Waals surface area contributed by atoms with Crippen molar-refractivity contribution < 1.29 is 9.53 Å². The molecule has 0 atom stereocenters. The van der Waals surface area contributed by atoms with Crippen molar-refractivity contribution in [1.29, 1.82) is 0 Å². The molecular weight excluding hydrogens is 261 g/mol. The lowest BCUT2D eigenvalue weighted by Crippen LogP contribution is -2.34. The molecule has 5 heteroatoms. The van der Waals surface area contributed by atoms with Crippen molar-refractivity contribution in [2.75, 3.05) is 18.1 Å². The molecule has 1 aromatic carbocycles. The summed E-state index contributed by atoms with van der Waals surface area (Å²) in [5.74, 6) is 0.694. The zero-order valence-electron chi connectivity index (χ0n) is 9.13. The molecule has 2 heterocycles. The Morgan fingerprint density at radius 2 is 2.06 bits per heavy atom. The van der Waals surface area contributed by atoms with E-state index in [0.29, 0.717) is 28.8 Å². The van der Waals surface area contributed by atoms with Gasteiger partial charge >= 0.3 is 0 Å². The summed E-state index contributed by atoms with van der Waals surface area (Å²) < 4.78 is 5.60. The van der Waals surface area contributed by atoms with Crippen molar-refractivity contribution in [2.45, 2.75) is 19.3 Å². The summed E-state index contributed by atoms with van der Waals surface area (Å²) in [6.45, 7) is 1.10. The molecule has 3 rings (SSSR count). The standard InChI is InChI=1S/C12H11Cl2NO2/c13-8-6-9(14)12-11-7(8)2-1-4-15(11)10(16)3-5-17-12/h6H,1-5H2. The second-order valence-electron chi connectivity index (χ2n) is 4.24. The highest BCUT2D eigenvalue weighted by Gasteiger charge is 2.31. The first-order valence-electron chi connectivity index (χ1n) is 5.62. The summed E-state index contributed by atoms with van der Waals surface area (Å²) in [4.78, 5) is 13.7. The average molecular weight is 272 g/mol. The second kappa shape index (κ2) is 4.07. The Kier molecular flexibility index (Phi) is 2.68. The van der Waals surface area contributed by atoms with Crippen LogP contribution in [0.2, 0.25) is 10.0 Å². The van der Waals surface area contributed by atoms with Crippen LogP contribution < -0.4 is 9.64 Å². The van der Waals surface area contributed by atoms with Crippen LogP contribution in [0.25, 0.3) is 0 Å². The van der Waals surface area contributed by atoms with Crippen LogP contribution in [-0.2, 0) is 11.2 Å². The van der Waals surface area contributed by atoms with E-state index in [1.807, 2.05) is 0 Å². The summed E-state index contributed by atoms with van der Waals surface area (Å²) in [5.41, 5.74) is 1.77. The van der Waals surface area contributed by atoms with Gasteiger partial charge in [0.05, 0.1) is 23.7 Å². The maximum absolute atomic E-state index is 12.0. The predicted octanol–water partition coefficient (Wildman–Crippen LogP) is 3.06. The third kappa shape index (κ3) is 1.69. The van der Waals surface area contributed by atoms with Gasteiger partial charge in [-0.05, 0) is 24.5 Å². The van der Waals surface area contributed by atoms with Gasteiger partial charge < -0.3 is 9.64 Å². The van der Waals surface area contributed by atoms with Crippen LogP contribution in [-0.4, -0.2) is 19.1 Å². The minimum absolute atomic E-state index is 0.0861. The molecule has 0 aromatic heterocycles. The van der Waals surface area contributed by atoms with Gasteiger partial charge in [0.15, 0.2) is 5.75 Å². The number of carbonyl (C=O) groups is 1. The van der Waals surface area contributed by atoms with E-state index >= 15 is 0 Å². The number of ether oxygens (including phenoxy) is 1. The Morgan fingerprint density at radius 3 is 2.88 bits per heavy atom. The Balaban J connectivity index is 2.28. The lowest BCUT2D eigenvalue weighted by Gasteiger charge is -2.30. The van der Waals surface area contributed by atoms with Crippen molar-refractivity contribution in [3.63, 3.8) is 0 Å². The largest absolute Gasteiger partial charge is 0.489 e. The van der Waals surface area contributed by atoms with Crippen molar-refractivity contribution >= 4 is 34.8 Å². The Hall–Kier alpha value is -0.930. The molecule has 0 saturated carbocycles. The molecule has 2 aliphatic heterocycles. The highest BCUT2D eigenvalue weighted by molar-refractivity contribution is 6.37. The fourth-order valence-electron chi connectivity index (χ4n) is 2.44. The number of anilines is 1. The van der Waals surface area contributed by atoms with E-state index in [2.05, 4.69) is 0 Å². The predicted molar refractivity (Wildman–Crippen MR) is 67.2 cm³/mol. The smallest absolute Gasteiger partial charge is 0.230 e. The summed E-state index contributed by atoms with van der Waals surface area (Å²) in [6.07, 6.45) is 2.19. The summed E-state index contributed by atoms with van der Waals surface area (Å²) in [6, 6.07) is 1.70. The minimum atomic E-state index is 0.0861. The monoisotopic (exact) mass is 271 g/mol. The van der Waals surface area contributed by atoms with Gasteiger partial charge in [-0.1, -0.05) is 23.2 Å². The molecule has 0 spiro atoms. The molecule has 0 aliphatic carbocycles. The molecule has 90 valence electrons. The number of hydrogen-bond donors (Lipinski definition) is 0. The van der Waals surface area contributed by atoms with Gasteiger partial charge in [0.1, 0.15) is 0 Å². The SMILES string of the molecule is O=C1CCOc2c(Cl)cc(Cl)c3c2N1CCC3. The third-order valence-corrected chi connectivity index (χ3v) is 3.82. The minimum Gasteiger partial charge on any atom is -0.489 e. The molecule has 0 radical (unpaired) electrons. The highest BCUT2D eigenvalue weighted by atomic mass is 35.5. The Labute approximate surface area is 109 Å². The van der Waals surface area contributed by atoms with Crippen LogP contribution >= 0.6 is 23.2 Å². The molecule has 0 fully saturated rings. The van der Waals surface area contributed by atoms with E-state index < -0.39 is 0 Å². The number of halogens is 2. The molecular formula is C12H11Cl2NO2. The van der Waals surface area contributed by atoms with Gasteiger partial charge in [-0.3, -0.25) is 4.79 Å². The summed E-state index contributed by atoms with van der Waals surface area (Å²) in [7, 11) is 0. The quantitative estimate of drug-likeness (QED) is 0.726. The maximum atomic E-state index is 12.0. The number of nitrogens with zero attached hydrogens (tertiary/aromatic N) is 1. The first kappa shape index (κ1) is 11.2. The van der Waals surface area contributed by atoms with Crippen molar-refractivity contribution in [1.82, 2.24) is 0 Å². The van der Waals surface area contributed by atoms with Gasteiger partial charge in [-0.2, -0.15) is 0 Å². The van der Waals surface area contributed by atoms with Crippen LogP contribution in [0.1, 0.15) is 18.4 Å². The van der Waals surface area contributed by atoms with Gasteiger partial charge in [0.2, 0.25) is 5.91 Å². The average Bonchev–Trinajstić information content (AvgIpc) is 2.48. The van der Waals surface area contributed by atoms with Gasteiger partial charge in [-0.25, -0.2) is 0 Å². The van der Waals surface area contributed by atoms with Crippen LogP contribution in [0.15, 0.2) is 6.07 Å². The Bertz CT molecular complexity index is 502. The second-order valence-corrected chi connectivity index (χ2v) is 5.06. The van der Waals surface area contributed by atoms with Crippen LogP contribution in [0.5, 0.6) is 5.75 Å². The van der Waals surface area contributed by atoms with Crippen LogP contribution in [0.4, 0.5) is 5.69 Å². The molecule has 1 amide bonds. The maximum Gasteiger partial charge on any atom is 0.230 e. The summed E-state index contributed by atoms with van der Waals surface area (Å²) in [5, 5.41) is 1.10. The van der Waals surface area contributed by atoms with Crippen LogP contribution in [0.3, 0.4) is 0 Å². The summed E-state index contributed by atoms with van der Waals surface area (Å²) >= 11 is 12.3. The number of benzene rings is 1. The number of rotatable bonds is 0. The fourth-order valence-corrected chi connectivity index (χ4v) is 3.04. The number of hydrogen-bond acceptors (Lipinski definition) is 2. The zero-order chi connectivity index (χ0) is 12.0. The van der Waals surface area contributed by atoms with Gasteiger partial charge in [0, 0.05) is 11.6 Å². The molecule has 3 nitrogen and oxygen atoms in total. The lowest BCUT2D eigenvalue weighted by molar-refractivity contribution is -0.118. The normalized spacial score (nSPS) is 18.5. The van der Waals surface area contributed by atoms with Crippen LogP contribution in [0, 0.1) is 0 Å². The Morgan fingerprint density at radius 1 is 1.24 bits per heavy atom.